The monoisotopic (exact) mass is 303 g/mol. The van der Waals surface area contributed by atoms with Gasteiger partial charge < -0.3 is 16.8 Å². The van der Waals surface area contributed by atoms with Crippen LogP contribution in [-0.2, 0) is 0 Å². The Morgan fingerprint density at radius 1 is 1.19 bits per heavy atom. The average molecular weight is 303 g/mol. The molecule has 5 nitrogen and oxygen atoms in total. The molecular formula is C14H10FN3O2S. The molecule has 0 spiro atoms. The molecule has 0 atom stereocenters. The number of thiophene rings is 1. The van der Waals surface area contributed by atoms with Crippen LogP contribution in [0, 0.1) is 17.7 Å². The van der Waals surface area contributed by atoms with Crippen molar-refractivity contribution in [1.82, 2.24) is 0 Å². The fourth-order valence-electron chi connectivity index (χ4n) is 1.56. The SMILES string of the molecule is NC(=O)Nc1cc(C#Cc2cccc(F)c2)sc1C(N)=O. The number of amides is 3. The Morgan fingerprint density at radius 2 is 1.95 bits per heavy atom. The van der Waals surface area contributed by atoms with Gasteiger partial charge in [-0.15, -0.1) is 11.3 Å². The van der Waals surface area contributed by atoms with E-state index < -0.39 is 11.9 Å². The molecule has 0 aliphatic heterocycles. The van der Waals surface area contributed by atoms with Crippen molar-refractivity contribution in [2.75, 3.05) is 5.32 Å². The Hall–Kier alpha value is -2.85. The minimum Gasteiger partial charge on any atom is -0.365 e. The second kappa shape index (κ2) is 6.07. The molecule has 1 heterocycles. The lowest BCUT2D eigenvalue weighted by Crippen LogP contribution is -2.21. The van der Waals surface area contributed by atoms with E-state index in [1.54, 1.807) is 12.1 Å². The van der Waals surface area contributed by atoms with Crippen LogP contribution >= 0.6 is 11.3 Å². The van der Waals surface area contributed by atoms with Crippen LogP contribution in [-0.4, -0.2) is 11.9 Å². The zero-order valence-electron chi connectivity index (χ0n) is 10.6. The maximum atomic E-state index is 13.0. The van der Waals surface area contributed by atoms with Gasteiger partial charge in [-0.2, -0.15) is 0 Å². The number of hydrogen-bond acceptors (Lipinski definition) is 3. The molecule has 0 saturated carbocycles. The van der Waals surface area contributed by atoms with E-state index in [4.69, 9.17) is 11.5 Å². The van der Waals surface area contributed by atoms with Crippen LogP contribution in [0.2, 0.25) is 0 Å². The first-order chi connectivity index (χ1) is 9.95. The van der Waals surface area contributed by atoms with E-state index in [2.05, 4.69) is 17.2 Å². The van der Waals surface area contributed by atoms with E-state index in [1.165, 1.54) is 18.2 Å². The molecule has 7 heteroatoms. The first kappa shape index (κ1) is 14.6. The summed E-state index contributed by atoms with van der Waals surface area (Å²) in [6.45, 7) is 0. The molecular weight excluding hydrogens is 293 g/mol. The Kier molecular flexibility index (Phi) is 4.21. The molecule has 0 aliphatic rings. The minimum absolute atomic E-state index is 0.150. The fraction of sp³-hybridized carbons (Fsp3) is 0. The summed E-state index contributed by atoms with van der Waals surface area (Å²) in [4.78, 5) is 22.8. The summed E-state index contributed by atoms with van der Waals surface area (Å²) in [5.41, 5.74) is 10.9. The van der Waals surface area contributed by atoms with Crippen molar-refractivity contribution in [3.8, 4) is 11.8 Å². The fourth-order valence-corrected chi connectivity index (χ4v) is 2.38. The highest BCUT2D eigenvalue weighted by atomic mass is 32.1. The first-order valence-electron chi connectivity index (χ1n) is 5.73. The van der Waals surface area contributed by atoms with Crippen LogP contribution in [0.25, 0.3) is 0 Å². The van der Waals surface area contributed by atoms with Crippen LogP contribution in [0.15, 0.2) is 30.3 Å². The summed E-state index contributed by atoms with van der Waals surface area (Å²) in [6, 6.07) is 6.49. The number of hydrogen-bond donors (Lipinski definition) is 3. The number of anilines is 1. The maximum Gasteiger partial charge on any atom is 0.316 e. The van der Waals surface area contributed by atoms with Crippen molar-refractivity contribution in [2.24, 2.45) is 11.5 Å². The number of benzene rings is 1. The standard InChI is InChI=1S/C14H10FN3O2S/c15-9-3-1-2-8(6-9)4-5-10-7-11(18-14(17)20)12(21-10)13(16)19/h1-3,6-7H,(H2,16,19)(H3,17,18,20). The molecule has 0 fully saturated rings. The second-order valence-corrected chi connectivity index (χ2v) is 5.02. The predicted octanol–water partition coefficient (Wildman–Crippen LogP) is 1.88. The Bertz CT molecular complexity index is 774. The number of urea groups is 1. The van der Waals surface area contributed by atoms with Crippen LogP contribution in [0.3, 0.4) is 0 Å². The molecule has 0 bridgehead atoms. The van der Waals surface area contributed by atoms with Crippen LogP contribution < -0.4 is 16.8 Å². The second-order valence-electron chi connectivity index (χ2n) is 3.97. The Morgan fingerprint density at radius 3 is 2.57 bits per heavy atom. The number of halogens is 1. The van der Waals surface area contributed by atoms with Crippen LogP contribution in [0.5, 0.6) is 0 Å². The summed E-state index contributed by atoms with van der Waals surface area (Å²) in [5.74, 6) is 4.46. The van der Waals surface area contributed by atoms with Gasteiger partial charge >= 0.3 is 6.03 Å². The molecule has 0 aliphatic carbocycles. The molecule has 2 rings (SSSR count). The first-order valence-corrected chi connectivity index (χ1v) is 6.55. The number of carbonyl (C=O) groups is 2. The molecule has 0 radical (unpaired) electrons. The van der Waals surface area contributed by atoms with Crippen molar-refractivity contribution in [1.29, 1.82) is 0 Å². The molecule has 1 aromatic heterocycles. The molecule has 1 aromatic carbocycles. The normalized spacial score (nSPS) is 9.57. The summed E-state index contributed by atoms with van der Waals surface area (Å²) in [6.07, 6.45) is 0. The predicted molar refractivity (Wildman–Crippen MR) is 78.4 cm³/mol. The number of rotatable bonds is 2. The maximum absolute atomic E-state index is 13.0. The Labute approximate surface area is 123 Å². The molecule has 0 saturated heterocycles. The van der Waals surface area contributed by atoms with Gasteiger partial charge in [-0.25, -0.2) is 9.18 Å². The van der Waals surface area contributed by atoms with E-state index in [1.807, 2.05) is 0 Å². The van der Waals surface area contributed by atoms with Crippen molar-refractivity contribution < 1.29 is 14.0 Å². The summed E-state index contributed by atoms with van der Waals surface area (Å²) in [5, 5.41) is 2.30. The summed E-state index contributed by atoms with van der Waals surface area (Å²) >= 11 is 1.02. The molecule has 2 aromatic rings. The summed E-state index contributed by atoms with van der Waals surface area (Å²) in [7, 11) is 0. The van der Waals surface area contributed by atoms with Gasteiger partial charge in [0.1, 0.15) is 10.7 Å². The zero-order valence-corrected chi connectivity index (χ0v) is 11.5. The highest BCUT2D eigenvalue weighted by molar-refractivity contribution is 7.15. The van der Waals surface area contributed by atoms with E-state index in [0.717, 1.165) is 11.3 Å². The molecule has 21 heavy (non-hydrogen) atoms. The minimum atomic E-state index is -0.806. The summed E-state index contributed by atoms with van der Waals surface area (Å²) < 4.78 is 13.0. The van der Waals surface area contributed by atoms with Gasteiger partial charge in [0.15, 0.2) is 0 Å². The largest absolute Gasteiger partial charge is 0.365 e. The molecule has 106 valence electrons. The van der Waals surface area contributed by atoms with Gasteiger partial charge in [-0.1, -0.05) is 17.9 Å². The highest BCUT2D eigenvalue weighted by Gasteiger charge is 2.14. The van der Waals surface area contributed by atoms with Gasteiger partial charge in [0.25, 0.3) is 5.91 Å². The number of nitrogens with one attached hydrogen (secondary N) is 1. The van der Waals surface area contributed by atoms with Crippen molar-refractivity contribution >= 4 is 29.0 Å². The van der Waals surface area contributed by atoms with Gasteiger partial charge in [-0.3, -0.25) is 4.79 Å². The van der Waals surface area contributed by atoms with Crippen molar-refractivity contribution in [3.05, 3.63) is 51.5 Å². The van der Waals surface area contributed by atoms with Crippen molar-refractivity contribution in [3.63, 3.8) is 0 Å². The van der Waals surface area contributed by atoms with E-state index >= 15 is 0 Å². The van der Waals surface area contributed by atoms with Gasteiger partial charge in [0, 0.05) is 5.56 Å². The molecule has 3 amide bonds. The average Bonchev–Trinajstić information content (AvgIpc) is 2.79. The number of nitrogens with two attached hydrogens (primary N) is 2. The van der Waals surface area contributed by atoms with Gasteiger partial charge in [0.05, 0.1) is 10.6 Å². The quantitative estimate of drug-likeness (QED) is 0.738. The lowest BCUT2D eigenvalue weighted by molar-refractivity contribution is 0.100. The topological polar surface area (TPSA) is 98.2 Å². The lowest BCUT2D eigenvalue weighted by atomic mass is 10.2. The highest BCUT2D eigenvalue weighted by Crippen LogP contribution is 2.26. The third-order valence-electron chi connectivity index (χ3n) is 2.37. The van der Waals surface area contributed by atoms with E-state index in [9.17, 15) is 14.0 Å². The van der Waals surface area contributed by atoms with Crippen LogP contribution in [0.4, 0.5) is 14.9 Å². The van der Waals surface area contributed by atoms with E-state index in [0.29, 0.717) is 10.4 Å². The number of carbonyl (C=O) groups excluding carboxylic acids is 2. The van der Waals surface area contributed by atoms with Gasteiger partial charge in [0.2, 0.25) is 0 Å². The Balaban J connectivity index is 2.33. The third-order valence-corrected chi connectivity index (χ3v) is 3.43. The lowest BCUT2D eigenvalue weighted by Gasteiger charge is -1.98. The third kappa shape index (κ3) is 3.81. The number of primary amides is 2. The van der Waals surface area contributed by atoms with Gasteiger partial charge in [-0.05, 0) is 24.3 Å². The molecule has 0 unspecified atom stereocenters. The van der Waals surface area contributed by atoms with Crippen molar-refractivity contribution in [2.45, 2.75) is 0 Å². The smallest absolute Gasteiger partial charge is 0.316 e. The molecule has 5 N–H and O–H groups in total. The van der Waals surface area contributed by atoms with Crippen LogP contribution in [0.1, 0.15) is 20.1 Å². The zero-order chi connectivity index (χ0) is 15.4. The van der Waals surface area contributed by atoms with E-state index in [-0.39, 0.29) is 16.4 Å².